The van der Waals surface area contributed by atoms with Crippen LogP contribution in [-0.4, -0.2) is 50.0 Å². The fourth-order valence-electron chi connectivity index (χ4n) is 2.61. The largest absolute Gasteiger partial charge is 0.468 e. The van der Waals surface area contributed by atoms with Crippen LogP contribution in [0.1, 0.15) is 29.0 Å². The van der Waals surface area contributed by atoms with Gasteiger partial charge < -0.3 is 19.5 Å². The summed E-state index contributed by atoms with van der Waals surface area (Å²) in [4.78, 5) is 20.7. The smallest absolute Gasteiger partial charge is 0.405 e. The minimum absolute atomic E-state index is 0.104. The van der Waals surface area contributed by atoms with Crippen LogP contribution < -0.4 is 5.32 Å². The Morgan fingerprint density at radius 2 is 1.79 bits per heavy atom. The van der Waals surface area contributed by atoms with E-state index in [1.807, 2.05) is 0 Å². The van der Waals surface area contributed by atoms with E-state index in [-0.39, 0.29) is 17.2 Å². The molecule has 1 unspecified atom stereocenters. The Morgan fingerprint density at radius 1 is 1.17 bits per heavy atom. The number of alkyl halides is 3. The lowest BCUT2D eigenvalue weighted by molar-refractivity contribution is -0.141. The van der Waals surface area contributed by atoms with Crippen LogP contribution in [0.25, 0.3) is 0 Å². The van der Waals surface area contributed by atoms with Crippen LogP contribution in [0.5, 0.6) is 0 Å². The molecule has 1 aromatic heterocycles. The second-order valence-corrected chi connectivity index (χ2v) is 6.73. The van der Waals surface area contributed by atoms with Crippen molar-refractivity contribution in [2.45, 2.75) is 18.4 Å². The van der Waals surface area contributed by atoms with Crippen molar-refractivity contribution in [3.63, 3.8) is 0 Å². The lowest BCUT2D eigenvalue weighted by Gasteiger charge is -2.22. The molecular formula is C18H19BrF3N3O4. The average Bonchev–Trinajstić information content (AvgIpc) is 2.69. The third-order valence-corrected chi connectivity index (χ3v) is 4.42. The second-order valence-electron chi connectivity index (χ2n) is 5.81. The SMILES string of the molecule is COC(=O)C(c1ccc(Br)cc1)c1nc(NCC(F)(F)F)ncc1C(OC)OC. The van der Waals surface area contributed by atoms with Gasteiger partial charge in [0.15, 0.2) is 6.29 Å². The average molecular weight is 478 g/mol. The maximum absolute atomic E-state index is 12.6. The number of nitrogens with zero attached hydrogens (tertiary/aromatic N) is 2. The Kier molecular flexibility index (Phi) is 7.94. The predicted molar refractivity (Wildman–Crippen MR) is 101 cm³/mol. The number of halogens is 4. The molecule has 0 saturated carbocycles. The van der Waals surface area contributed by atoms with Gasteiger partial charge in [0.05, 0.1) is 12.8 Å². The molecule has 0 fully saturated rings. The molecule has 0 bridgehead atoms. The fourth-order valence-corrected chi connectivity index (χ4v) is 2.87. The maximum atomic E-state index is 12.6. The molecular weight excluding hydrogens is 459 g/mol. The van der Waals surface area contributed by atoms with Crippen molar-refractivity contribution in [1.82, 2.24) is 9.97 Å². The summed E-state index contributed by atoms with van der Waals surface area (Å²) in [6.45, 7) is -1.33. The van der Waals surface area contributed by atoms with Crippen molar-refractivity contribution in [3.8, 4) is 0 Å². The number of hydrogen-bond acceptors (Lipinski definition) is 7. The van der Waals surface area contributed by atoms with Gasteiger partial charge in [-0.2, -0.15) is 13.2 Å². The van der Waals surface area contributed by atoms with Gasteiger partial charge in [-0.25, -0.2) is 9.97 Å². The molecule has 0 aliphatic rings. The molecule has 1 N–H and O–H groups in total. The topological polar surface area (TPSA) is 82.6 Å². The minimum atomic E-state index is -4.46. The van der Waals surface area contributed by atoms with Gasteiger partial charge in [-0.1, -0.05) is 28.1 Å². The van der Waals surface area contributed by atoms with Gasteiger partial charge in [-0.05, 0) is 17.7 Å². The number of aromatic nitrogens is 2. The molecule has 2 aromatic rings. The number of anilines is 1. The van der Waals surface area contributed by atoms with E-state index in [4.69, 9.17) is 14.2 Å². The maximum Gasteiger partial charge on any atom is 0.405 e. The lowest BCUT2D eigenvalue weighted by atomic mass is 9.92. The highest BCUT2D eigenvalue weighted by Gasteiger charge is 2.32. The first-order valence-corrected chi connectivity index (χ1v) is 9.05. The van der Waals surface area contributed by atoms with E-state index >= 15 is 0 Å². The Morgan fingerprint density at radius 3 is 2.31 bits per heavy atom. The molecule has 158 valence electrons. The molecule has 0 amide bonds. The van der Waals surface area contributed by atoms with Gasteiger partial charge in [0.1, 0.15) is 12.5 Å². The monoisotopic (exact) mass is 477 g/mol. The Bertz CT molecular complexity index is 830. The Hall–Kier alpha value is -2.24. The summed E-state index contributed by atoms with van der Waals surface area (Å²) in [6.07, 6.45) is -4.14. The summed E-state index contributed by atoms with van der Waals surface area (Å²) in [6, 6.07) is 6.79. The van der Waals surface area contributed by atoms with Crippen LogP contribution in [-0.2, 0) is 19.0 Å². The van der Waals surface area contributed by atoms with Crippen molar-refractivity contribution in [2.24, 2.45) is 0 Å². The second kappa shape index (κ2) is 9.99. The molecule has 11 heteroatoms. The Labute approximate surface area is 173 Å². The summed E-state index contributed by atoms with van der Waals surface area (Å²) in [5.74, 6) is -1.98. The fraction of sp³-hybridized carbons (Fsp3) is 0.389. The molecule has 1 heterocycles. The summed E-state index contributed by atoms with van der Waals surface area (Å²) >= 11 is 3.32. The van der Waals surface area contributed by atoms with Gasteiger partial charge in [-0.15, -0.1) is 0 Å². The highest BCUT2D eigenvalue weighted by atomic mass is 79.9. The minimum Gasteiger partial charge on any atom is -0.468 e. The zero-order valence-corrected chi connectivity index (χ0v) is 17.4. The van der Waals surface area contributed by atoms with E-state index in [1.54, 1.807) is 24.3 Å². The third-order valence-electron chi connectivity index (χ3n) is 3.89. The number of rotatable bonds is 8. The van der Waals surface area contributed by atoms with Gasteiger partial charge >= 0.3 is 12.1 Å². The van der Waals surface area contributed by atoms with E-state index in [1.165, 1.54) is 27.5 Å². The number of ether oxygens (including phenoxy) is 3. The number of benzene rings is 1. The normalized spacial score (nSPS) is 12.7. The van der Waals surface area contributed by atoms with Crippen molar-refractivity contribution in [1.29, 1.82) is 0 Å². The van der Waals surface area contributed by atoms with Crippen molar-refractivity contribution in [3.05, 3.63) is 51.8 Å². The molecule has 0 spiro atoms. The van der Waals surface area contributed by atoms with E-state index in [9.17, 15) is 18.0 Å². The number of hydrogen-bond donors (Lipinski definition) is 1. The van der Waals surface area contributed by atoms with Gasteiger partial charge in [-0.3, -0.25) is 4.79 Å². The van der Waals surface area contributed by atoms with Gasteiger partial charge in [0.25, 0.3) is 0 Å². The highest BCUT2D eigenvalue weighted by molar-refractivity contribution is 9.10. The molecule has 7 nitrogen and oxygen atoms in total. The van der Waals surface area contributed by atoms with E-state index in [2.05, 4.69) is 31.2 Å². The number of nitrogens with one attached hydrogen (secondary N) is 1. The van der Waals surface area contributed by atoms with Crippen LogP contribution in [0.3, 0.4) is 0 Å². The number of methoxy groups -OCH3 is 3. The molecule has 1 aromatic carbocycles. The quantitative estimate of drug-likeness (QED) is 0.457. The highest BCUT2D eigenvalue weighted by Crippen LogP contribution is 2.33. The molecule has 29 heavy (non-hydrogen) atoms. The predicted octanol–water partition coefficient (Wildman–Crippen LogP) is 3.81. The third kappa shape index (κ3) is 6.12. The van der Waals surface area contributed by atoms with Crippen LogP contribution in [0.15, 0.2) is 34.9 Å². The first-order valence-electron chi connectivity index (χ1n) is 8.26. The van der Waals surface area contributed by atoms with E-state index in [0.29, 0.717) is 5.56 Å². The first-order chi connectivity index (χ1) is 13.7. The molecule has 0 aliphatic heterocycles. The zero-order chi connectivity index (χ0) is 21.6. The van der Waals surface area contributed by atoms with Crippen LogP contribution >= 0.6 is 15.9 Å². The summed E-state index contributed by atoms with van der Waals surface area (Å²) in [7, 11) is 3.96. The molecule has 2 rings (SSSR count). The molecule has 0 radical (unpaired) electrons. The summed E-state index contributed by atoms with van der Waals surface area (Å²) in [5.41, 5.74) is 0.908. The van der Waals surface area contributed by atoms with E-state index in [0.717, 1.165) is 4.47 Å². The standard InChI is InChI=1S/C18H19BrF3N3O4/c1-27-15(26)13(10-4-6-11(19)7-5-10)14-12(16(28-2)29-3)8-23-17(25-14)24-9-18(20,21)22/h4-8,13,16H,9H2,1-3H3,(H,23,24,25). The molecule has 0 aliphatic carbocycles. The van der Waals surface area contributed by atoms with Crippen molar-refractivity contribution in [2.75, 3.05) is 33.2 Å². The number of carbonyl (C=O) groups is 1. The molecule has 0 saturated heterocycles. The van der Waals surface area contributed by atoms with Gasteiger partial charge in [0, 0.05) is 30.5 Å². The van der Waals surface area contributed by atoms with Crippen LogP contribution in [0.2, 0.25) is 0 Å². The summed E-state index contributed by atoms with van der Waals surface area (Å²) < 4.78 is 53.9. The molecule has 1 atom stereocenters. The van der Waals surface area contributed by atoms with Crippen molar-refractivity contribution < 1.29 is 32.2 Å². The Balaban J connectivity index is 2.60. The van der Waals surface area contributed by atoms with Gasteiger partial charge in [0.2, 0.25) is 5.95 Å². The zero-order valence-electron chi connectivity index (χ0n) is 15.8. The summed E-state index contributed by atoms with van der Waals surface area (Å²) in [5, 5.41) is 2.11. The van der Waals surface area contributed by atoms with Crippen LogP contribution in [0, 0.1) is 0 Å². The first kappa shape index (κ1) is 23.0. The van der Waals surface area contributed by atoms with Crippen molar-refractivity contribution >= 4 is 27.8 Å². The lowest BCUT2D eigenvalue weighted by Crippen LogP contribution is -2.25. The van der Waals surface area contributed by atoms with Crippen LogP contribution in [0.4, 0.5) is 19.1 Å². The number of esters is 1. The number of carbonyl (C=O) groups excluding carboxylic acids is 1. The van der Waals surface area contributed by atoms with E-state index < -0.39 is 30.9 Å².